The molecule has 0 radical (unpaired) electrons. The molecule has 0 atom stereocenters. The molecule has 0 spiro atoms. The van der Waals surface area contributed by atoms with Crippen LogP contribution in [-0.4, -0.2) is 35.2 Å². The molecule has 1 heterocycles. The van der Waals surface area contributed by atoms with Crippen LogP contribution in [0.4, 0.5) is 5.82 Å². The van der Waals surface area contributed by atoms with Gasteiger partial charge in [0.1, 0.15) is 12.1 Å². The Morgan fingerprint density at radius 3 is 2.58 bits per heavy atom. The fourth-order valence-corrected chi connectivity index (χ4v) is 2.50. The molecule has 0 amide bonds. The molecule has 1 fully saturated rings. The van der Waals surface area contributed by atoms with Gasteiger partial charge >= 0.3 is 0 Å². The summed E-state index contributed by atoms with van der Waals surface area (Å²) in [5.74, 6) is 1.56. The molecule has 1 aromatic heterocycles. The minimum Gasteiger partial charge on any atom is -0.475 e. The third kappa shape index (κ3) is 3.80. The van der Waals surface area contributed by atoms with Gasteiger partial charge in [-0.15, -0.1) is 0 Å². The molecule has 5 nitrogen and oxygen atoms in total. The molecule has 0 unspecified atom stereocenters. The molecule has 2 N–H and O–H groups in total. The zero-order valence-corrected chi connectivity index (χ0v) is 12.0. The number of ether oxygens (including phenoxy) is 1. The van der Waals surface area contributed by atoms with Crippen molar-refractivity contribution in [3.63, 3.8) is 0 Å². The maximum atomic E-state index is 5.95. The van der Waals surface area contributed by atoms with Gasteiger partial charge in [0.25, 0.3) is 0 Å². The van der Waals surface area contributed by atoms with E-state index in [2.05, 4.69) is 21.9 Å². The zero-order valence-electron chi connectivity index (χ0n) is 12.0. The molecule has 0 saturated heterocycles. The van der Waals surface area contributed by atoms with E-state index in [1.165, 1.54) is 0 Å². The Bertz CT molecular complexity index is 402. The van der Waals surface area contributed by atoms with Crippen molar-refractivity contribution in [2.75, 3.05) is 11.9 Å². The largest absolute Gasteiger partial charge is 0.475 e. The van der Waals surface area contributed by atoms with E-state index in [0.717, 1.165) is 31.5 Å². The fourth-order valence-electron chi connectivity index (χ4n) is 2.50. The average Bonchev–Trinajstić information content (AvgIpc) is 2.38. The normalized spacial score (nSPS) is 23.4. The van der Waals surface area contributed by atoms with Gasteiger partial charge in [-0.05, 0) is 39.5 Å². The molecule has 1 aliphatic carbocycles. The fraction of sp³-hybridized carbons (Fsp3) is 0.714. The Morgan fingerprint density at radius 2 is 1.95 bits per heavy atom. The van der Waals surface area contributed by atoms with Crippen molar-refractivity contribution in [2.24, 2.45) is 5.73 Å². The molecule has 1 aromatic rings. The lowest BCUT2D eigenvalue weighted by Crippen LogP contribution is -2.39. The van der Waals surface area contributed by atoms with Crippen LogP contribution in [0.2, 0.25) is 0 Å². The second kappa shape index (κ2) is 6.19. The lowest BCUT2D eigenvalue weighted by molar-refractivity contribution is 0.232. The Hall–Kier alpha value is -1.36. The molecule has 0 bridgehead atoms. The number of aromatic nitrogens is 2. The highest BCUT2D eigenvalue weighted by molar-refractivity contribution is 5.41. The monoisotopic (exact) mass is 264 g/mol. The Morgan fingerprint density at radius 1 is 1.26 bits per heavy atom. The second-order valence-corrected chi connectivity index (χ2v) is 5.56. The van der Waals surface area contributed by atoms with Crippen LogP contribution in [0.1, 0.15) is 39.5 Å². The van der Waals surface area contributed by atoms with Gasteiger partial charge in [0.2, 0.25) is 5.88 Å². The van der Waals surface area contributed by atoms with Gasteiger partial charge in [-0.1, -0.05) is 0 Å². The van der Waals surface area contributed by atoms with Crippen molar-refractivity contribution in [2.45, 2.75) is 57.7 Å². The number of rotatable bonds is 4. The summed E-state index contributed by atoms with van der Waals surface area (Å²) in [4.78, 5) is 10.7. The van der Waals surface area contributed by atoms with Crippen LogP contribution in [0.15, 0.2) is 12.4 Å². The van der Waals surface area contributed by atoms with Gasteiger partial charge < -0.3 is 15.4 Å². The molecule has 19 heavy (non-hydrogen) atoms. The first kappa shape index (κ1) is 14.1. The van der Waals surface area contributed by atoms with Crippen LogP contribution in [-0.2, 0) is 0 Å². The van der Waals surface area contributed by atoms with Gasteiger partial charge in [-0.2, -0.15) is 0 Å². The summed E-state index contributed by atoms with van der Waals surface area (Å²) >= 11 is 0. The molecule has 1 saturated carbocycles. The van der Waals surface area contributed by atoms with Crippen molar-refractivity contribution >= 4 is 5.82 Å². The van der Waals surface area contributed by atoms with Crippen LogP contribution in [0, 0.1) is 0 Å². The molecule has 5 heteroatoms. The molecule has 0 aliphatic heterocycles. The minimum atomic E-state index is 0.126. The van der Waals surface area contributed by atoms with E-state index in [0.29, 0.717) is 18.0 Å². The lowest BCUT2D eigenvalue weighted by Gasteiger charge is -2.34. The standard InChI is InChI=1S/C14H24N4O/c1-10(2)19-14-8-13(16-9-17-14)18(3)12-6-4-11(15)5-7-12/h8-12H,4-7,15H2,1-3H3. The van der Waals surface area contributed by atoms with Crippen LogP contribution >= 0.6 is 0 Å². The number of nitrogens with two attached hydrogens (primary N) is 1. The summed E-state index contributed by atoms with van der Waals surface area (Å²) in [7, 11) is 2.09. The molecule has 106 valence electrons. The van der Waals surface area contributed by atoms with Crippen molar-refractivity contribution in [1.29, 1.82) is 0 Å². The lowest BCUT2D eigenvalue weighted by atomic mass is 9.91. The van der Waals surface area contributed by atoms with E-state index >= 15 is 0 Å². The third-order valence-corrected chi connectivity index (χ3v) is 3.63. The highest BCUT2D eigenvalue weighted by Gasteiger charge is 2.23. The predicted octanol–water partition coefficient (Wildman–Crippen LogP) is 1.97. The first-order chi connectivity index (χ1) is 9.06. The van der Waals surface area contributed by atoms with Crippen molar-refractivity contribution in [3.8, 4) is 5.88 Å². The zero-order chi connectivity index (χ0) is 13.8. The summed E-state index contributed by atoms with van der Waals surface area (Å²) in [5, 5.41) is 0. The summed E-state index contributed by atoms with van der Waals surface area (Å²) in [6, 6.07) is 2.80. The van der Waals surface area contributed by atoms with Crippen molar-refractivity contribution < 1.29 is 4.74 Å². The SMILES string of the molecule is CC(C)Oc1cc(N(C)C2CCC(N)CC2)ncn1. The highest BCUT2D eigenvalue weighted by atomic mass is 16.5. The topological polar surface area (TPSA) is 64.3 Å². The maximum Gasteiger partial charge on any atom is 0.218 e. The van der Waals surface area contributed by atoms with Gasteiger partial charge in [-0.25, -0.2) is 9.97 Å². The van der Waals surface area contributed by atoms with Gasteiger partial charge in [0, 0.05) is 25.2 Å². The number of hydrogen-bond donors (Lipinski definition) is 1. The average molecular weight is 264 g/mol. The molecular formula is C14H24N4O. The van der Waals surface area contributed by atoms with E-state index < -0.39 is 0 Å². The Balaban J connectivity index is 2.04. The van der Waals surface area contributed by atoms with Crippen molar-refractivity contribution in [3.05, 3.63) is 12.4 Å². The third-order valence-electron chi connectivity index (χ3n) is 3.63. The minimum absolute atomic E-state index is 0.126. The summed E-state index contributed by atoms with van der Waals surface area (Å²) < 4.78 is 5.61. The highest BCUT2D eigenvalue weighted by Crippen LogP contribution is 2.25. The van der Waals surface area contributed by atoms with E-state index in [1.807, 2.05) is 19.9 Å². The van der Waals surface area contributed by atoms with Crippen LogP contribution in [0.5, 0.6) is 5.88 Å². The van der Waals surface area contributed by atoms with E-state index in [-0.39, 0.29) is 6.10 Å². The Kier molecular flexibility index (Phi) is 4.58. The quantitative estimate of drug-likeness (QED) is 0.900. The van der Waals surface area contributed by atoms with E-state index in [4.69, 9.17) is 10.5 Å². The van der Waals surface area contributed by atoms with Gasteiger partial charge in [0.05, 0.1) is 6.10 Å². The molecule has 0 aromatic carbocycles. The molecular weight excluding hydrogens is 240 g/mol. The molecule has 1 aliphatic rings. The smallest absolute Gasteiger partial charge is 0.218 e. The summed E-state index contributed by atoms with van der Waals surface area (Å²) in [6.07, 6.45) is 6.13. The first-order valence-electron chi connectivity index (χ1n) is 7.03. The van der Waals surface area contributed by atoms with Crippen LogP contribution in [0.25, 0.3) is 0 Å². The first-order valence-corrected chi connectivity index (χ1v) is 7.03. The van der Waals surface area contributed by atoms with Crippen LogP contribution < -0.4 is 15.4 Å². The number of anilines is 1. The molecule has 2 rings (SSSR count). The summed E-state index contributed by atoms with van der Waals surface area (Å²) in [6.45, 7) is 3.99. The van der Waals surface area contributed by atoms with Crippen molar-refractivity contribution in [1.82, 2.24) is 9.97 Å². The van der Waals surface area contributed by atoms with Crippen LogP contribution in [0.3, 0.4) is 0 Å². The summed E-state index contributed by atoms with van der Waals surface area (Å²) in [5.41, 5.74) is 5.95. The Labute approximate surface area is 115 Å². The number of nitrogens with zero attached hydrogens (tertiary/aromatic N) is 3. The van der Waals surface area contributed by atoms with Gasteiger partial charge in [-0.3, -0.25) is 0 Å². The van der Waals surface area contributed by atoms with Gasteiger partial charge in [0.15, 0.2) is 0 Å². The van der Waals surface area contributed by atoms with E-state index in [1.54, 1.807) is 6.33 Å². The second-order valence-electron chi connectivity index (χ2n) is 5.56. The van der Waals surface area contributed by atoms with E-state index in [9.17, 15) is 0 Å². The number of hydrogen-bond acceptors (Lipinski definition) is 5. The maximum absolute atomic E-state index is 5.95. The predicted molar refractivity (Wildman–Crippen MR) is 76.4 cm³/mol.